The highest BCUT2D eigenvalue weighted by Crippen LogP contribution is 2.33. The van der Waals surface area contributed by atoms with Crippen molar-refractivity contribution in [3.63, 3.8) is 0 Å². The molecule has 18 heavy (non-hydrogen) atoms. The lowest BCUT2D eigenvalue weighted by atomic mass is 10.0. The molecule has 1 rings (SSSR count). The van der Waals surface area contributed by atoms with Crippen LogP contribution in [0.25, 0.3) is 0 Å². The fraction of sp³-hybridized carbons (Fsp3) is 0.364. The van der Waals surface area contributed by atoms with E-state index in [1.165, 1.54) is 18.2 Å². The van der Waals surface area contributed by atoms with Gasteiger partial charge in [0.2, 0.25) is 5.91 Å². The molecule has 0 aliphatic heterocycles. The fourth-order valence-electron chi connectivity index (χ4n) is 1.50. The first kappa shape index (κ1) is 15.1. The van der Waals surface area contributed by atoms with Gasteiger partial charge in [0, 0.05) is 17.0 Å². The normalized spacial score (nSPS) is 13.2. The summed E-state index contributed by atoms with van der Waals surface area (Å²) in [5.41, 5.74) is 0.189. The van der Waals surface area contributed by atoms with Crippen LogP contribution < -0.4 is 5.32 Å². The molecule has 1 aromatic rings. The Morgan fingerprint density at radius 3 is 2.44 bits per heavy atom. The van der Waals surface area contributed by atoms with Crippen molar-refractivity contribution in [2.24, 2.45) is 0 Å². The molecule has 0 aliphatic rings. The molecule has 0 saturated carbocycles. The third kappa shape index (κ3) is 4.74. The van der Waals surface area contributed by atoms with Crippen LogP contribution >= 0.6 is 23.2 Å². The maximum Gasteiger partial charge on any atom is 0.391 e. The van der Waals surface area contributed by atoms with E-state index in [0.717, 1.165) is 6.92 Å². The second-order valence-corrected chi connectivity index (χ2v) is 4.58. The summed E-state index contributed by atoms with van der Waals surface area (Å²) >= 11 is 11.5. The molecule has 1 amide bonds. The third-order valence-corrected chi connectivity index (χ3v) is 2.71. The number of amides is 1. The Morgan fingerprint density at radius 2 is 2.00 bits per heavy atom. The zero-order chi connectivity index (χ0) is 13.9. The van der Waals surface area contributed by atoms with Crippen LogP contribution in [0.4, 0.5) is 13.2 Å². The second-order valence-electron chi connectivity index (χ2n) is 3.74. The number of alkyl halides is 3. The Hall–Kier alpha value is -0.940. The van der Waals surface area contributed by atoms with Gasteiger partial charge in [-0.15, -0.1) is 0 Å². The van der Waals surface area contributed by atoms with E-state index in [1.54, 1.807) is 0 Å². The van der Waals surface area contributed by atoms with Gasteiger partial charge in [0.25, 0.3) is 0 Å². The predicted molar refractivity (Wildman–Crippen MR) is 63.7 cm³/mol. The van der Waals surface area contributed by atoms with Crippen LogP contribution in [-0.2, 0) is 4.79 Å². The van der Waals surface area contributed by atoms with Gasteiger partial charge in [-0.2, -0.15) is 13.2 Å². The van der Waals surface area contributed by atoms with Gasteiger partial charge in [0.15, 0.2) is 0 Å². The summed E-state index contributed by atoms with van der Waals surface area (Å²) in [4.78, 5) is 10.9. The maximum absolute atomic E-state index is 12.4. The lowest BCUT2D eigenvalue weighted by molar-refractivity contribution is -0.142. The quantitative estimate of drug-likeness (QED) is 0.893. The van der Waals surface area contributed by atoms with Crippen LogP contribution in [-0.4, -0.2) is 12.1 Å². The molecular formula is C11H10Cl2F3NO. The van der Waals surface area contributed by atoms with Crippen molar-refractivity contribution >= 4 is 29.1 Å². The number of hydrogen-bond acceptors (Lipinski definition) is 1. The van der Waals surface area contributed by atoms with E-state index in [4.69, 9.17) is 23.2 Å². The number of benzene rings is 1. The van der Waals surface area contributed by atoms with Crippen LogP contribution in [0.2, 0.25) is 10.0 Å². The summed E-state index contributed by atoms with van der Waals surface area (Å²) in [6.45, 7) is 1.15. The Labute approximate surface area is 112 Å². The average Bonchev–Trinajstić information content (AvgIpc) is 2.12. The number of carbonyl (C=O) groups excluding carboxylic acids is 1. The Morgan fingerprint density at radius 1 is 1.39 bits per heavy atom. The molecule has 0 radical (unpaired) electrons. The number of hydrogen-bond donors (Lipinski definition) is 1. The highest BCUT2D eigenvalue weighted by atomic mass is 35.5. The number of carbonyl (C=O) groups is 1. The van der Waals surface area contributed by atoms with Crippen molar-refractivity contribution in [3.8, 4) is 0 Å². The van der Waals surface area contributed by atoms with E-state index in [1.807, 2.05) is 0 Å². The molecule has 0 heterocycles. The van der Waals surface area contributed by atoms with Crippen molar-refractivity contribution in [3.05, 3.63) is 33.8 Å². The van der Waals surface area contributed by atoms with E-state index in [-0.39, 0.29) is 10.6 Å². The Balaban J connectivity index is 3.05. The number of rotatable bonds is 3. The lowest BCUT2D eigenvalue weighted by Gasteiger charge is -2.21. The standard InChI is InChI=1S/C11H10Cl2F3NO/c1-6(18)17-10(5-11(14,15)16)8-3-2-7(12)4-9(8)13/h2-4,10H,5H2,1H3,(H,17,18). The Bertz CT molecular complexity index is 448. The zero-order valence-corrected chi connectivity index (χ0v) is 10.8. The Kier molecular flexibility index (Phi) is 4.87. The largest absolute Gasteiger partial charge is 0.391 e. The van der Waals surface area contributed by atoms with Crippen LogP contribution in [0.3, 0.4) is 0 Å². The lowest BCUT2D eigenvalue weighted by Crippen LogP contribution is -2.30. The second kappa shape index (κ2) is 5.80. The average molecular weight is 300 g/mol. The number of nitrogens with one attached hydrogen (secondary N) is 1. The van der Waals surface area contributed by atoms with Gasteiger partial charge in [0.05, 0.1) is 12.5 Å². The summed E-state index contributed by atoms with van der Waals surface area (Å²) in [6, 6.07) is 2.92. The minimum Gasteiger partial charge on any atom is -0.349 e. The maximum atomic E-state index is 12.4. The molecule has 0 saturated heterocycles. The van der Waals surface area contributed by atoms with Crippen molar-refractivity contribution in [1.29, 1.82) is 0 Å². The SMILES string of the molecule is CC(=O)NC(CC(F)(F)F)c1ccc(Cl)cc1Cl. The predicted octanol–water partition coefficient (Wildman–Crippen LogP) is 4.12. The molecule has 0 fully saturated rings. The first-order valence-corrected chi connectivity index (χ1v) is 5.73. The smallest absolute Gasteiger partial charge is 0.349 e. The van der Waals surface area contributed by atoms with E-state index in [9.17, 15) is 18.0 Å². The minimum absolute atomic E-state index is 0.0884. The van der Waals surface area contributed by atoms with Crippen molar-refractivity contribution in [2.45, 2.75) is 25.6 Å². The molecule has 1 N–H and O–H groups in total. The van der Waals surface area contributed by atoms with Gasteiger partial charge >= 0.3 is 6.18 Å². The van der Waals surface area contributed by atoms with Crippen molar-refractivity contribution in [1.82, 2.24) is 5.32 Å². The molecule has 0 bridgehead atoms. The molecule has 1 atom stereocenters. The molecule has 2 nitrogen and oxygen atoms in total. The molecule has 0 aliphatic carbocycles. The van der Waals surface area contributed by atoms with Crippen molar-refractivity contribution < 1.29 is 18.0 Å². The van der Waals surface area contributed by atoms with Crippen molar-refractivity contribution in [2.75, 3.05) is 0 Å². The third-order valence-electron chi connectivity index (χ3n) is 2.15. The van der Waals surface area contributed by atoms with Gasteiger partial charge in [-0.3, -0.25) is 4.79 Å². The first-order chi connectivity index (χ1) is 8.19. The van der Waals surface area contributed by atoms with Gasteiger partial charge < -0.3 is 5.32 Å². The molecule has 1 aromatic carbocycles. The van der Waals surface area contributed by atoms with E-state index >= 15 is 0 Å². The van der Waals surface area contributed by atoms with E-state index in [0.29, 0.717) is 5.02 Å². The highest BCUT2D eigenvalue weighted by molar-refractivity contribution is 6.35. The van der Waals surface area contributed by atoms with E-state index in [2.05, 4.69) is 5.32 Å². The van der Waals surface area contributed by atoms with Crippen LogP contribution in [0, 0.1) is 0 Å². The molecular weight excluding hydrogens is 290 g/mol. The monoisotopic (exact) mass is 299 g/mol. The van der Waals surface area contributed by atoms with Crippen LogP contribution in [0.5, 0.6) is 0 Å². The highest BCUT2D eigenvalue weighted by Gasteiger charge is 2.33. The van der Waals surface area contributed by atoms with Gasteiger partial charge in [-0.05, 0) is 17.7 Å². The molecule has 100 valence electrons. The summed E-state index contributed by atoms with van der Waals surface area (Å²) in [5.74, 6) is -0.560. The summed E-state index contributed by atoms with van der Waals surface area (Å²) in [6.07, 6.45) is -5.59. The van der Waals surface area contributed by atoms with Crippen LogP contribution in [0.15, 0.2) is 18.2 Å². The molecule has 0 aromatic heterocycles. The van der Waals surface area contributed by atoms with Crippen LogP contribution in [0.1, 0.15) is 24.9 Å². The molecule has 7 heteroatoms. The van der Waals surface area contributed by atoms with E-state index < -0.39 is 24.5 Å². The van der Waals surface area contributed by atoms with Gasteiger partial charge in [0.1, 0.15) is 0 Å². The molecule has 1 unspecified atom stereocenters. The van der Waals surface area contributed by atoms with Gasteiger partial charge in [-0.25, -0.2) is 0 Å². The topological polar surface area (TPSA) is 29.1 Å². The summed E-state index contributed by atoms with van der Waals surface area (Å²) < 4.78 is 37.3. The molecule has 0 spiro atoms. The zero-order valence-electron chi connectivity index (χ0n) is 9.31. The van der Waals surface area contributed by atoms with Gasteiger partial charge in [-0.1, -0.05) is 29.3 Å². The minimum atomic E-state index is -4.41. The fourth-order valence-corrected chi connectivity index (χ4v) is 2.04. The summed E-state index contributed by atoms with van der Waals surface area (Å²) in [7, 11) is 0. The summed E-state index contributed by atoms with van der Waals surface area (Å²) in [5, 5.41) is 2.63. The number of halogens is 5. The first-order valence-electron chi connectivity index (χ1n) is 4.98.